The first-order chi connectivity index (χ1) is 11.2. The highest BCUT2D eigenvalue weighted by molar-refractivity contribution is 6.04. The predicted molar refractivity (Wildman–Crippen MR) is 85.3 cm³/mol. The molecular formula is C16H20N4O3. The second-order valence-electron chi connectivity index (χ2n) is 5.79. The minimum Gasteiger partial charge on any atom is -0.483 e. The molecule has 0 radical (unpaired) electrons. The molecule has 1 aromatic heterocycles. The number of nitrogens with zero attached hydrogens (tertiary/aromatic N) is 3. The van der Waals surface area contributed by atoms with Gasteiger partial charge in [-0.05, 0) is 18.9 Å². The molecule has 2 N–H and O–H groups in total. The number of carbonyl (C=O) groups excluding carboxylic acids is 1. The second-order valence-corrected chi connectivity index (χ2v) is 5.79. The zero-order valence-electron chi connectivity index (χ0n) is 12.8. The van der Waals surface area contributed by atoms with Crippen molar-refractivity contribution in [1.29, 1.82) is 0 Å². The number of nitrogens with one attached hydrogen (secondary N) is 1. The van der Waals surface area contributed by atoms with Crippen LogP contribution in [0.1, 0.15) is 23.3 Å². The quantitative estimate of drug-likeness (QED) is 0.771. The number of H-pyrrole nitrogens is 1. The minimum atomic E-state index is -0.250. The van der Waals surface area contributed by atoms with E-state index in [1.165, 1.54) is 0 Å². The maximum atomic E-state index is 12.8. The highest BCUT2D eigenvalue weighted by Crippen LogP contribution is 2.24. The maximum Gasteiger partial charge on any atom is 0.290 e. The van der Waals surface area contributed by atoms with E-state index >= 15 is 0 Å². The number of hydrogen-bond acceptors (Lipinski definition) is 4. The molecule has 0 saturated carbocycles. The first-order valence-electron chi connectivity index (χ1n) is 7.79. The maximum absolute atomic E-state index is 12.8. The fourth-order valence-corrected chi connectivity index (χ4v) is 3.42. The van der Waals surface area contributed by atoms with Crippen LogP contribution in [0.4, 0.5) is 0 Å². The summed E-state index contributed by atoms with van der Waals surface area (Å²) in [6.07, 6.45) is 2.18. The Bertz CT molecular complexity index is 691. The van der Waals surface area contributed by atoms with Gasteiger partial charge in [-0.25, -0.2) is 0 Å². The molecule has 0 spiro atoms. The van der Waals surface area contributed by atoms with E-state index in [1.54, 1.807) is 0 Å². The van der Waals surface area contributed by atoms with E-state index in [1.807, 2.05) is 29.2 Å². The van der Waals surface area contributed by atoms with Crippen LogP contribution in [0.25, 0.3) is 10.9 Å². The third kappa shape index (κ3) is 3.05. The standard InChI is InChI=1S/C15H18N4O.CH2O2/c20-15(14-12-3-1-2-4-13(12)16-17-14)19-10-9-18-7-5-11(19)6-8-18;2-1-3/h1-4,11H,5-10H2,(H,16,17);1H,(H,2,3). The van der Waals surface area contributed by atoms with E-state index < -0.39 is 0 Å². The molecule has 0 unspecified atom stereocenters. The lowest BCUT2D eigenvalue weighted by molar-refractivity contribution is -0.122. The Morgan fingerprint density at radius 3 is 2.65 bits per heavy atom. The number of hydrogen-bond donors (Lipinski definition) is 2. The van der Waals surface area contributed by atoms with Gasteiger partial charge in [-0.1, -0.05) is 18.2 Å². The van der Waals surface area contributed by atoms with Gasteiger partial charge in [-0.15, -0.1) is 0 Å². The van der Waals surface area contributed by atoms with Crippen LogP contribution in [-0.2, 0) is 4.79 Å². The molecule has 122 valence electrons. The number of piperidine rings is 1. The molecule has 3 aliphatic heterocycles. The van der Waals surface area contributed by atoms with Crippen molar-refractivity contribution in [3.05, 3.63) is 30.0 Å². The normalized spacial score (nSPS) is 23.0. The Hall–Kier alpha value is -2.41. The SMILES string of the molecule is O=C(c1n[nH]c2ccccc12)N1CCN2CCC1CC2.O=CO. The van der Waals surface area contributed by atoms with Gasteiger partial charge in [0.05, 0.1) is 5.52 Å². The van der Waals surface area contributed by atoms with Gasteiger partial charge in [0.1, 0.15) is 0 Å². The van der Waals surface area contributed by atoms with E-state index in [2.05, 4.69) is 15.1 Å². The molecule has 23 heavy (non-hydrogen) atoms. The number of rotatable bonds is 1. The Morgan fingerprint density at radius 2 is 1.91 bits per heavy atom. The zero-order valence-corrected chi connectivity index (χ0v) is 12.8. The fourth-order valence-electron chi connectivity index (χ4n) is 3.42. The summed E-state index contributed by atoms with van der Waals surface area (Å²) in [6, 6.07) is 8.21. The molecular weight excluding hydrogens is 296 g/mol. The third-order valence-corrected chi connectivity index (χ3v) is 4.59. The van der Waals surface area contributed by atoms with E-state index in [0.29, 0.717) is 11.7 Å². The van der Waals surface area contributed by atoms with Gasteiger partial charge >= 0.3 is 0 Å². The van der Waals surface area contributed by atoms with Crippen molar-refractivity contribution in [2.24, 2.45) is 0 Å². The number of carboxylic acid groups (broad SMARTS) is 1. The summed E-state index contributed by atoms with van der Waals surface area (Å²) < 4.78 is 0. The number of carbonyl (C=O) groups is 2. The average molecular weight is 316 g/mol. The van der Waals surface area contributed by atoms with Crippen molar-refractivity contribution >= 4 is 23.3 Å². The molecule has 1 aromatic carbocycles. The molecule has 3 saturated heterocycles. The van der Waals surface area contributed by atoms with E-state index in [4.69, 9.17) is 9.90 Å². The molecule has 5 rings (SSSR count). The van der Waals surface area contributed by atoms with Gasteiger partial charge in [0.25, 0.3) is 12.4 Å². The highest BCUT2D eigenvalue weighted by Gasteiger charge is 2.33. The van der Waals surface area contributed by atoms with Crippen molar-refractivity contribution in [3.63, 3.8) is 0 Å². The number of para-hydroxylation sites is 1. The lowest BCUT2D eigenvalue weighted by Gasteiger charge is -2.31. The Morgan fingerprint density at radius 1 is 1.22 bits per heavy atom. The van der Waals surface area contributed by atoms with Crippen LogP contribution in [0.3, 0.4) is 0 Å². The molecule has 3 fully saturated rings. The lowest BCUT2D eigenvalue weighted by atomic mass is 10.0. The summed E-state index contributed by atoms with van der Waals surface area (Å²) >= 11 is 0. The van der Waals surface area contributed by atoms with E-state index in [9.17, 15) is 4.79 Å². The van der Waals surface area contributed by atoms with Crippen LogP contribution < -0.4 is 0 Å². The topological polar surface area (TPSA) is 89.5 Å². The lowest BCUT2D eigenvalue weighted by Crippen LogP contribution is -2.41. The van der Waals surface area contributed by atoms with Crippen molar-refractivity contribution in [2.75, 3.05) is 26.2 Å². The van der Waals surface area contributed by atoms with E-state index in [0.717, 1.165) is 49.9 Å². The van der Waals surface area contributed by atoms with Gasteiger partial charge in [0, 0.05) is 37.6 Å². The van der Waals surface area contributed by atoms with Crippen LogP contribution in [0, 0.1) is 0 Å². The number of aromatic nitrogens is 2. The molecule has 2 bridgehead atoms. The summed E-state index contributed by atoms with van der Waals surface area (Å²) in [5, 5.41) is 15.0. The van der Waals surface area contributed by atoms with Gasteiger partial charge in [0.2, 0.25) is 0 Å². The first-order valence-corrected chi connectivity index (χ1v) is 7.79. The largest absolute Gasteiger partial charge is 0.483 e. The third-order valence-electron chi connectivity index (χ3n) is 4.59. The Balaban J connectivity index is 0.000000485. The van der Waals surface area contributed by atoms with Gasteiger partial charge in [-0.3, -0.25) is 14.7 Å². The number of amides is 1. The zero-order chi connectivity index (χ0) is 16.2. The number of aromatic amines is 1. The van der Waals surface area contributed by atoms with Crippen LogP contribution in [0.15, 0.2) is 24.3 Å². The first kappa shape index (κ1) is 15.5. The predicted octanol–water partition coefficient (Wildman–Crippen LogP) is 1.18. The summed E-state index contributed by atoms with van der Waals surface area (Å²) in [7, 11) is 0. The summed E-state index contributed by atoms with van der Waals surface area (Å²) in [6.45, 7) is 3.81. The van der Waals surface area contributed by atoms with Crippen molar-refractivity contribution in [2.45, 2.75) is 18.9 Å². The molecule has 7 heteroatoms. The van der Waals surface area contributed by atoms with Crippen LogP contribution in [0.5, 0.6) is 0 Å². The summed E-state index contributed by atoms with van der Waals surface area (Å²) in [5.74, 6) is 0.0798. The number of benzene rings is 1. The smallest absolute Gasteiger partial charge is 0.290 e. The second kappa shape index (κ2) is 6.78. The van der Waals surface area contributed by atoms with Crippen LogP contribution in [-0.4, -0.2) is 69.7 Å². The molecule has 4 heterocycles. The summed E-state index contributed by atoms with van der Waals surface area (Å²) in [5.41, 5.74) is 1.50. The van der Waals surface area contributed by atoms with Gasteiger partial charge < -0.3 is 14.9 Å². The van der Waals surface area contributed by atoms with Crippen molar-refractivity contribution in [3.8, 4) is 0 Å². The van der Waals surface area contributed by atoms with Gasteiger partial charge in [0.15, 0.2) is 5.69 Å². The molecule has 1 amide bonds. The van der Waals surface area contributed by atoms with Crippen LogP contribution in [0.2, 0.25) is 0 Å². The Kier molecular flexibility index (Phi) is 4.57. The fraction of sp³-hybridized carbons (Fsp3) is 0.438. The highest BCUT2D eigenvalue weighted by atomic mass is 16.3. The molecule has 2 aromatic rings. The molecule has 0 aliphatic carbocycles. The number of fused-ring (bicyclic) bond motifs is 5. The molecule has 0 atom stereocenters. The van der Waals surface area contributed by atoms with Crippen molar-refractivity contribution in [1.82, 2.24) is 20.0 Å². The average Bonchev–Trinajstić information content (AvgIpc) is 2.77. The minimum absolute atomic E-state index is 0.0798. The molecule has 7 nitrogen and oxygen atoms in total. The molecule has 3 aliphatic rings. The van der Waals surface area contributed by atoms with Crippen LogP contribution >= 0.6 is 0 Å². The van der Waals surface area contributed by atoms with Crippen molar-refractivity contribution < 1.29 is 14.7 Å². The Labute approximate surface area is 133 Å². The van der Waals surface area contributed by atoms with E-state index in [-0.39, 0.29) is 12.4 Å². The summed E-state index contributed by atoms with van der Waals surface area (Å²) in [4.78, 5) is 25.7. The monoisotopic (exact) mass is 316 g/mol. The van der Waals surface area contributed by atoms with Gasteiger partial charge in [-0.2, -0.15) is 5.10 Å².